The van der Waals surface area contributed by atoms with Crippen molar-refractivity contribution in [1.29, 1.82) is 0 Å². The van der Waals surface area contributed by atoms with E-state index in [9.17, 15) is 21.6 Å². The van der Waals surface area contributed by atoms with Crippen LogP contribution in [0.2, 0.25) is 0 Å². The summed E-state index contributed by atoms with van der Waals surface area (Å²) in [7, 11) is -3.84. The second-order valence-corrected chi connectivity index (χ2v) is 4.80. The molecule has 0 fully saturated rings. The summed E-state index contributed by atoms with van der Waals surface area (Å²) in [5, 5.41) is 0. The fraction of sp³-hybridized carbons (Fsp3) is 0.250. The van der Waals surface area contributed by atoms with Crippen molar-refractivity contribution in [2.45, 2.75) is 0 Å². The van der Waals surface area contributed by atoms with Crippen LogP contribution >= 0.6 is 0 Å². The third-order valence-electron chi connectivity index (χ3n) is 1.66. The molecule has 0 aliphatic carbocycles. The van der Waals surface area contributed by atoms with Crippen molar-refractivity contribution in [2.24, 2.45) is 5.73 Å². The lowest BCUT2D eigenvalue weighted by molar-refractivity contribution is 0.496. The number of sulfonamides is 1. The van der Waals surface area contributed by atoms with Gasteiger partial charge in [0, 0.05) is 18.7 Å². The number of hydrogen-bond acceptors (Lipinski definition) is 3. The summed E-state index contributed by atoms with van der Waals surface area (Å²) >= 11 is 0. The van der Waals surface area contributed by atoms with Gasteiger partial charge in [-0.2, -0.15) is 0 Å². The minimum Gasteiger partial charge on any atom is -0.329 e. The normalized spacial score (nSPS) is 11.5. The maximum Gasteiger partial charge on any atom is 0.234 e. The van der Waals surface area contributed by atoms with Crippen LogP contribution in [0.25, 0.3) is 0 Å². The van der Waals surface area contributed by atoms with Crippen molar-refractivity contribution < 1.29 is 21.6 Å². The highest BCUT2D eigenvalue weighted by Crippen LogP contribution is 2.19. The molecule has 0 bridgehead atoms. The van der Waals surface area contributed by atoms with Crippen molar-refractivity contribution in [1.82, 2.24) is 0 Å². The molecule has 16 heavy (non-hydrogen) atoms. The number of halogens is 3. The van der Waals surface area contributed by atoms with Gasteiger partial charge >= 0.3 is 0 Å². The van der Waals surface area contributed by atoms with E-state index in [0.717, 1.165) is 0 Å². The molecule has 90 valence electrons. The Morgan fingerprint density at radius 2 is 1.69 bits per heavy atom. The number of nitrogens with one attached hydrogen (secondary N) is 1. The molecule has 0 aliphatic heterocycles. The lowest BCUT2D eigenvalue weighted by atomic mass is 10.3. The first-order valence-electron chi connectivity index (χ1n) is 4.21. The van der Waals surface area contributed by atoms with Gasteiger partial charge in [-0.1, -0.05) is 0 Å². The average molecular weight is 254 g/mol. The summed E-state index contributed by atoms with van der Waals surface area (Å²) in [4.78, 5) is 0. The smallest absolute Gasteiger partial charge is 0.234 e. The minimum atomic E-state index is -3.84. The molecule has 1 rings (SSSR count). The Balaban J connectivity index is 3.03. The quantitative estimate of drug-likeness (QED) is 0.781. The van der Waals surface area contributed by atoms with E-state index in [1.807, 2.05) is 0 Å². The summed E-state index contributed by atoms with van der Waals surface area (Å²) < 4.78 is 62.4. The van der Waals surface area contributed by atoms with Gasteiger partial charge in [-0.15, -0.1) is 0 Å². The Morgan fingerprint density at radius 1 is 1.12 bits per heavy atom. The van der Waals surface area contributed by atoms with Gasteiger partial charge < -0.3 is 5.73 Å². The molecule has 0 atom stereocenters. The molecule has 3 N–H and O–H groups in total. The van der Waals surface area contributed by atoms with Crippen LogP contribution in [0.1, 0.15) is 0 Å². The summed E-state index contributed by atoms with van der Waals surface area (Å²) in [6.07, 6.45) is 0. The molecule has 0 spiro atoms. The summed E-state index contributed by atoms with van der Waals surface area (Å²) in [6, 6.07) is 0.689. The van der Waals surface area contributed by atoms with E-state index >= 15 is 0 Å². The first-order chi connectivity index (χ1) is 7.35. The fourth-order valence-corrected chi connectivity index (χ4v) is 1.88. The van der Waals surface area contributed by atoms with Crippen LogP contribution in [-0.4, -0.2) is 20.7 Å². The molecule has 0 radical (unpaired) electrons. The largest absolute Gasteiger partial charge is 0.329 e. The third-order valence-corrected chi connectivity index (χ3v) is 2.97. The molecule has 1 aromatic carbocycles. The zero-order valence-corrected chi connectivity index (χ0v) is 8.82. The standard InChI is InChI=1S/C8H9F3N2O2S/c9-5-3-7(11)8(4-6(5)10)13-16(14,15)2-1-12/h3-4,13H,1-2,12H2. The van der Waals surface area contributed by atoms with Gasteiger partial charge in [-0.25, -0.2) is 21.6 Å². The van der Waals surface area contributed by atoms with Crippen LogP contribution < -0.4 is 10.5 Å². The number of rotatable bonds is 4. The first kappa shape index (κ1) is 12.8. The van der Waals surface area contributed by atoms with Crippen molar-refractivity contribution in [3.05, 3.63) is 29.6 Å². The minimum absolute atomic E-state index is 0.166. The van der Waals surface area contributed by atoms with Gasteiger partial charge in [-0.3, -0.25) is 4.72 Å². The van der Waals surface area contributed by atoms with E-state index in [-0.39, 0.29) is 12.6 Å². The van der Waals surface area contributed by atoms with E-state index in [1.54, 1.807) is 4.72 Å². The van der Waals surface area contributed by atoms with Gasteiger partial charge in [0.1, 0.15) is 5.82 Å². The SMILES string of the molecule is NCCS(=O)(=O)Nc1cc(F)c(F)cc1F. The van der Waals surface area contributed by atoms with E-state index in [0.29, 0.717) is 6.07 Å². The zero-order valence-electron chi connectivity index (χ0n) is 8.00. The topological polar surface area (TPSA) is 72.2 Å². The second-order valence-electron chi connectivity index (χ2n) is 2.96. The van der Waals surface area contributed by atoms with E-state index < -0.39 is 38.9 Å². The highest BCUT2D eigenvalue weighted by Gasteiger charge is 2.15. The van der Waals surface area contributed by atoms with Crippen molar-refractivity contribution >= 4 is 15.7 Å². The summed E-state index contributed by atoms with van der Waals surface area (Å²) in [5.74, 6) is -4.36. The van der Waals surface area contributed by atoms with Crippen molar-refractivity contribution in [3.63, 3.8) is 0 Å². The maximum atomic E-state index is 13.0. The van der Waals surface area contributed by atoms with Crippen LogP contribution in [0.5, 0.6) is 0 Å². The molecule has 0 aromatic heterocycles. The van der Waals surface area contributed by atoms with E-state index in [4.69, 9.17) is 5.73 Å². The molecule has 0 saturated carbocycles. The summed E-state index contributed by atoms with van der Waals surface area (Å²) in [6.45, 7) is -0.166. The molecule has 8 heteroatoms. The molecular formula is C8H9F3N2O2S. The number of hydrogen-bond donors (Lipinski definition) is 2. The van der Waals surface area contributed by atoms with Gasteiger partial charge in [0.15, 0.2) is 11.6 Å². The fourth-order valence-electron chi connectivity index (χ4n) is 0.974. The maximum absolute atomic E-state index is 13.0. The molecule has 0 heterocycles. The molecule has 0 saturated heterocycles. The molecule has 0 unspecified atom stereocenters. The average Bonchev–Trinajstić information content (AvgIpc) is 2.13. The highest BCUT2D eigenvalue weighted by molar-refractivity contribution is 7.92. The Labute approximate surface area is 90.3 Å². The van der Waals surface area contributed by atoms with Gasteiger partial charge in [0.2, 0.25) is 10.0 Å². The summed E-state index contributed by atoms with van der Waals surface area (Å²) in [5.41, 5.74) is 4.37. The molecule has 1 aromatic rings. The van der Waals surface area contributed by atoms with Gasteiger partial charge in [0.05, 0.1) is 11.4 Å². The molecule has 0 aliphatic rings. The van der Waals surface area contributed by atoms with Crippen molar-refractivity contribution in [2.75, 3.05) is 17.0 Å². The third kappa shape index (κ3) is 3.11. The lowest BCUT2D eigenvalue weighted by Crippen LogP contribution is -2.23. The van der Waals surface area contributed by atoms with Crippen molar-refractivity contribution in [3.8, 4) is 0 Å². The Kier molecular flexibility index (Phi) is 3.76. The van der Waals surface area contributed by atoms with Crippen LogP contribution in [0.15, 0.2) is 12.1 Å². The van der Waals surface area contributed by atoms with E-state index in [2.05, 4.69) is 0 Å². The lowest BCUT2D eigenvalue weighted by Gasteiger charge is -2.08. The number of anilines is 1. The van der Waals surface area contributed by atoms with Gasteiger partial charge in [0.25, 0.3) is 0 Å². The molecular weight excluding hydrogens is 245 g/mol. The molecule has 4 nitrogen and oxygen atoms in total. The Morgan fingerprint density at radius 3 is 2.25 bits per heavy atom. The highest BCUT2D eigenvalue weighted by atomic mass is 32.2. The monoisotopic (exact) mass is 254 g/mol. The second kappa shape index (κ2) is 4.71. The first-order valence-corrected chi connectivity index (χ1v) is 5.86. The molecule has 0 amide bonds. The number of nitrogens with two attached hydrogens (primary N) is 1. The number of benzene rings is 1. The van der Waals surface area contributed by atoms with Gasteiger partial charge in [-0.05, 0) is 0 Å². The Hall–Kier alpha value is -1.28. The van der Waals surface area contributed by atoms with Crippen LogP contribution in [0, 0.1) is 17.5 Å². The predicted molar refractivity (Wildman–Crippen MR) is 52.8 cm³/mol. The van der Waals surface area contributed by atoms with Crippen LogP contribution in [0.3, 0.4) is 0 Å². The zero-order chi connectivity index (χ0) is 12.3. The predicted octanol–water partition coefficient (Wildman–Crippen LogP) is 0.804. The van der Waals surface area contributed by atoms with E-state index in [1.165, 1.54) is 0 Å². The van der Waals surface area contributed by atoms with Crippen LogP contribution in [-0.2, 0) is 10.0 Å². The van der Waals surface area contributed by atoms with Crippen LogP contribution in [0.4, 0.5) is 18.9 Å². The Bertz CT molecular complexity index is 490.